The monoisotopic (exact) mass is 600 g/mol. The highest BCUT2D eigenvalue weighted by Gasteiger charge is 2.54. The number of carboxylic acids is 1. The predicted octanol–water partition coefficient (Wildman–Crippen LogP) is 3.30. The Hall–Kier alpha value is -4.55. The van der Waals surface area contributed by atoms with Crippen LogP contribution in [0.25, 0.3) is 0 Å². The molecule has 3 heterocycles. The number of carbonyl (C=O) groups excluding carboxylic acids is 4. The highest BCUT2D eigenvalue weighted by atomic mass is 19.2. The lowest BCUT2D eigenvalue weighted by Crippen LogP contribution is -2.66. The molecular formula is C30H33FN2O10. The van der Waals surface area contributed by atoms with Crippen LogP contribution in [-0.4, -0.2) is 63.1 Å². The molecule has 0 radical (unpaired) electrons. The van der Waals surface area contributed by atoms with E-state index in [-0.39, 0.29) is 36.7 Å². The SMILES string of the molecule is CC(OC(=O)Cc1cc(C[C@H]2C(=O)N(C(=O)C[C@H](C)c3ccc4c(c3)OC(C)(F)O4)[C@@H]2C(=O)O)ccn1)OC(=O)C(C)C. The second-order valence-electron chi connectivity index (χ2n) is 11.0. The third kappa shape index (κ3) is 7.27. The number of carboxylic acid groups (broad SMARTS) is 1. The molecule has 0 bridgehead atoms. The van der Waals surface area contributed by atoms with Crippen LogP contribution >= 0.6 is 0 Å². The van der Waals surface area contributed by atoms with Gasteiger partial charge in [0.15, 0.2) is 11.5 Å². The van der Waals surface area contributed by atoms with Crippen LogP contribution in [0, 0.1) is 11.8 Å². The highest BCUT2D eigenvalue weighted by molar-refractivity contribution is 6.08. The fourth-order valence-electron chi connectivity index (χ4n) is 4.90. The lowest BCUT2D eigenvalue weighted by atomic mass is 9.81. The van der Waals surface area contributed by atoms with Crippen LogP contribution in [0.15, 0.2) is 36.5 Å². The van der Waals surface area contributed by atoms with E-state index in [9.17, 15) is 33.5 Å². The van der Waals surface area contributed by atoms with Crippen molar-refractivity contribution in [1.29, 1.82) is 0 Å². The molecule has 2 unspecified atom stereocenters. The number of imide groups is 1. The van der Waals surface area contributed by atoms with Gasteiger partial charge in [-0.3, -0.25) is 29.1 Å². The predicted molar refractivity (Wildman–Crippen MR) is 145 cm³/mol. The van der Waals surface area contributed by atoms with Crippen LogP contribution in [0.2, 0.25) is 0 Å². The number of rotatable bonds is 11. The first-order valence-corrected chi connectivity index (χ1v) is 13.8. The Labute approximate surface area is 247 Å². The average molecular weight is 601 g/mol. The molecule has 0 spiro atoms. The molecule has 4 rings (SSSR count). The number of alkyl halides is 1. The minimum atomic E-state index is -2.30. The van der Waals surface area contributed by atoms with Gasteiger partial charge in [0.1, 0.15) is 6.04 Å². The Morgan fingerprint density at radius 3 is 2.44 bits per heavy atom. The molecule has 2 amide bonds. The first-order chi connectivity index (χ1) is 20.1. The summed E-state index contributed by atoms with van der Waals surface area (Å²) in [5, 5.41) is 9.86. The Morgan fingerprint density at radius 2 is 1.77 bits per heavy atom. The van der Waals surface area contributed by atoms with Crippen molar-refractivity contribution in [2.45, 2.75) is 78.2 Å². The molecule has 2 aliphatic rings. The van der Waals surface area contributed by atoms with Gasteiger partial charge < -0.3 is 24.1 Å². The van der Waals surface area contributed by atoms with Gasteiger partial charge in [-0.1, -0.05) is 26.8 Å². The summed E-state index contributed by atoms with van der Waals surface area (Å²) < 4.78 is 34.3. The number of amides is 2. The van der Waals surface area contributed by atoms with E-state index in [0.717, 1.165) is 11.8 Å². The minimum absolute atomic E-state index is 0.00622. The summed E-state index contributed by atoms with van der Waals surface area (Å²) in [7, 11) is 0. The Kier molecular flexibility index (Phi) is 9.02. The second-order valence-corrected chi connectivity index (χ2v) is 11.0. The van der Waals surface area contributed by atoms with E-state index in [4.69, 9.17) is 18.9 Å². The van der Waals surface area contributed by atoms with Gasteiger partial charge in [-0.05, 0) is 47.7 Å². The summed E-state index contributed by atoms with van der Waals surface area (Å²) in [5.74, 6) is -5.22. The smallest absolute Gasteiger partial charge is 0.404 e. The topological polar surface area (TPSA) is 159 Å². The third-order valence-corrected chi connectivity index (χ3v) is 7.05. The summed E-state index contributed by atoms with van der Waals surface area (Å²) in [4.78, 5) is 67.0. The molecule has 5 atom stereocenters. The van der Waals surface area contributed by atoms with Crippen LogP contribution in [0.1, 0.15) is 63.8 Å². The average Bonchev–Trinajstić information content (AvgIpc) is 3.22. The maximum absolute atomic E-state index is 14.0. The zero-order valence-electron chi connectivity index (χ0n) is 24.4. The number of halogens is 1. The highest BCUT2D eigenvalue weighted by Crippen LogP contribution is 2.42. The maximum atomic E-state index is 14.0. The molecule has 2 aliphatic heterocycles. The number of hydrogen-bond donors (Lipinski definition) is 1. The Balaban J connectivity index is 1.36. The Morgan fingerprint density at radius 1 is 1.07 bits per heavy atom. The van der Waals surface area contributed by atoms with Gasteiger partial charge in [-0.25, -0.2) is 4.79 Å². The summed E-state index contributed by atoms with van der Waals surface area (Å²) in [6, 6.07) is 4.18. The molecule has 1 aromatic heterocycles. The van der Waals surface area contributed by atoms with E-state index in [1.807, 2.05) is 0 Å². The largest absolute Gasteiger partial charge is 0.480 e. The molecule has 13 heteroatoms. The van der Waals surface area contributed by atoms with Crippen LogP contribution < -0.4 is 9.47 Å². The molecule has 43 heavy (non-hydrogen) atoms. The second kappa shape index (κ2) is 12.4. The van der Waals surface area contributed by atoms with Crippen molar-refractivity contribution in [3.05, 3.63) is 53.3 Å². The van der Waals surface area contributed by atoms with Gasteiger partial charge in [0.2, 0.25) is 18.1 Å². The van der Waals surface area contributed by atoms with Crippen LogP contribution in [0.5, 0.6) is 11.5 Å². The molecule has 0 saturated carbocycles. The number of aliphatic carboxylic acids is 1. The van der Waals surface area contributed by atoms with Crippen molar-refractivity contribution in [3.63, 3.8) is 0 Å². The number of hydrogen-bond acceptors (Lipinski definition) is 10. The zero-order chi connectivity index (χ0) is 31.6. The number of β-lactam (4-membered cyclic amide) rings is 1. The minimum Gasteiger partial charge on any atom is -0.480 e. The molecule has 12 nitrogen and oxygen atoms in total. The lowest BCUT2D eigenvalue weighted by Gasteiger charge is -2.43. The van der Waals surface area contributed by atoms with Crippen LogP contribution in [0.3, 0.4) is 0 Å². The summed E-state index contributed by atoms with van der Waals surface area (Å²) in [5.41, 5.74) is 1.48. The number of carbonyl (C=O) groups is 5. The van der Waals surface area contributed by atoms with E-state index in [1.165, 1.54) is 19.2 Å². The lowest BCUT2D eigenvalue weighted by molar-refractivity contribution is -0.186. The van der Waals surface area contributed by atoms with Crippen molar-refractivity contribution >= 4 is 29.7 Å². The number of ether oxygens (including phenoxy) is 4. The number of pyridine rings is 1. The number of fused-ring (bicyclic) bond motifs is 1. The molecule has 1 fully saturated rings. The summed E-state index contributed by atoms with van der Waals surface area (Å²) in [6.45, 7) is 7.55. The van der Waals surface area contributed by atoms with E-state index < -0.39 is 59.9 Å². The normalized spacial score (nSPS) is 22.0. The fraction of sp³-hybridized carbons (Fsp3) is 0.467. The Bertz CT molecular complexity index is 1440. The fourth-order valence-corrected chi connectivity index (χ4v) is 4.90. The number of aromatic nitrogens is 1. The van der Waals surface area contributed by atoms with E-state index >= 15 is 0 Å². The van der Waals surface area contributed by atoms with E-state index in [2.05, 4.69) is 4.98 Å². The molecule has 230 valence electrons. The van der Waals surface area contributed by atoms with Crippen molar-refractivity contribution < 1.29 is 52.4 Å². The van der Waals surface area contributed by atoms with Crippen molar-refractivity contribution in [2.24, 2.45) is 11.8 Å². The van der Waals surface area contributed by atoms with Gasteiger partial charge in [0.25, 0.3) is 0 Å². The number of esters is 2. The quantitative estimate of drug-likeness (QED) is 0.229. The van der Waals surface area contributed by atoms with Crippen molar-refractivity contribution in [2.75, 3.05) is 0 Å². The number of likely N-dealkylation sites (tertiary alicyclic amines) is 1. The first-order valence-electron chi connectivity index (χ1n) is 13.8. The zero-order valence-corrected chi connectivity index (χ0v) is 24.4. The van der Waals surface area contributed by atoms with Gasteiger partial charge in [-0.2, -0.15) is 4.39 Å². The van der Waals surface area contributed by atoms with Crippen molar-refractivity contribution in [1.82, 2.24) is 9.88 Å². The van der Waals surface area contributed by atoms with E-state index in [0.29, 0.717) is 16.8 Å². The van der Waals surface area contributed by atoms with E-state index in [1.54, 1.807) is 45.0 Å². The molecule has 1 aromatic carbocycles. The molecule has 1 saturated heterocycles. The molecule has 1 N–H and O–H groups in total. The summed E-state index contributed by atoms with van der Waals surface area (Å²) >= 11 is 0. The van der Waals surface area contributed by atoms with Crippen molar-refractivity contribution in [3.8, 4) is 11.5 Å². The number of benzene rings is 1. The molecule has 0 aliphatic carbocycles. The standard InChI is InChI=1S/C30H33FN2O10/c1-15(2)29(39)41-17(4)40-25(35)14-20-11-18(8-9-32-20)12-21-26(28(37)38)33(27(21)36)24(34)10-16(3)19-6-7-22-23(13-19)43-30(5,31)42-22/h6-9,11,13,15-17,21,26H,10,12,14H2,1-5H3,(H,37,38)/t16-,17?,21+,26-,30?/m0/s1. The van der Waals surface area contributed by atoms with Gasteiger partial charge in [0, 0.05) is 26.5 Å². The van der Waals surface area contributed by atoms with Gasteiger partial charge >= 0.3 is 23.9 Å². The van der Waals surface area contributed by atoms with Crippen LogP contribution in [0.4, 0.5) is 4.39 Å². The molecular weight excluding hydrogens is 567 g/mol. The molecule has 2 aromatic rings. The van der Waals surface area contributed by atoms with Crippen LogP contribution in [-0.2, 0) is 46.3 Å². The number of nitrogens with zero attached hydrogens (tertiary/aromatic N) is 2. The maximum Gasteiger partial charge on any atom is 0.404 e. The van der Waals surface area contributed by atoms with Gasteiger partial charge in [-0.15, -0.1) is 0 Å². The summed E-state index contributed by atoms with van der Waals surface area (Å²) in [6.07, 6.45) is -0.0731. The third-order valence-electron chi connectivity index (χ3n) is 7.05. The van der Waals surface area contributed by atoms with Gasteiger partial charge in [0.05, 0.1) is 24.0 Å². The first kappa shape index (κ1) is 31.4.